The molecule has 2 aliphatic rings. The van der Waals surface area contributed by atoms with E-state index < -0.39 is 28.7 Å². The van der Waals surface area contributed by atoms with Gasteiger partial charge in [-0.1, -0.05) is 13.8 Å². The number of aliphatic hydroxyl groups is 2. The molecule has 11 heteroatoms. The Balaban J connectivity index is 1.67. The molecule has 9 nitrogen and oxygen atoms in total. The van der Waals surface area contributed by atoms with Crippen molar-refractivity contribution in [1.82, 2.24) is 9.97 Å². The number of nitrogens with zero attached hydrogens (tertiary/aromatic N) is 3. The lowest BCUT2D eigenvalue weighted by atomic mass is 9.90. The fourth-order valence-corrected chi connectivity index (χ4v) is 6.13. The number of fused-ring (bicyclic) bond motifs is 2. The van der Waals surface area contributed by atoms with E-state index in [0.29, 0.717) is 0 Å². The molecule has 0 saturated heterocycles. The van der Waals surface area contributed by atoms with Crippen LogP contribution in [0.4, 0.5) is 10.5 Å². The molecule has 0 aliphatic heterocycles. The molecule has 0 spiro atoms. The molecule has 1 unspecified atom stereocenters. The number of thiazole rings is 1. The highest BCUT2D eigenvalue weighted by Gasteiger charge is 2.36. The highest BCUT2D eigenvalue weighted by Crippen LogP contribution is 2.44. The third kappa shape index (κ3) is 3.76. The van der Waals surface area contributed by atoms with Crippen molar-refractivity contribution in [2.24, 2.45) is 9.50 Å². The molecule has 30 heavy (non-hydrogen) atoms. The molecule has 0 aromatic carbocycles. The Morgan fingerprint density at radius 3 is 2.90 bits per heavy atom. The van der Waals surface area contributed by atoms with E-state index in [1.165, 1.54) is 6.20 Å². The summed E-state index contributed by atoms with van der Waals surface area (Å²) in [4.78, 5) is 21.5. The number of amides is 2. The second kappa shape index (κ2) is 7.65. The summed E-state index contributed by atoms with van der Waals surface area (Å²) in [6.07, 6.45) is 4.47. The highest BCUT2D eigenvalue weighted by molar-refractivity contribution is 7.93. The first-order chi connectivity index (χ1) is 14.1. The van der Waals surface area contributed by atoms with E-state index in [4.69, 9.17) is 15.2 Å². The fourth-order valence-electron chi connectivity index (χ4n) is 4.07. The number of urea groups is 1. The lowest BCUT2D eigenvalue weighted by Crippen LogP contribution is -2.19. The van der Waals surface area contributed by atoms with Crippen LogP contribution in [0.2, 0.25) is 0 Å². The van der Waals surface area contributed by atoms with E-state index >= 15 is 0 Å². The molecular weight excluding hydrogens is 426 g/mol. The fraction of sp³-hybridized carbons (Fsp3) is 0.526. The summed E-state index contributed by atoms with van der Waals surface area (Å²) in [6, 6.07) is -0.785. The first-order valence-corrected chi connectivity index (χ1v) is 12.2. The average Bonchev–Trinajstić information content (AvgIpc) is 3.40. The Hall–Kier alpha value is -1.92. The van der Waals surface area contributed by atoms with Crippen molar-refractivity contribution < 1.29 is 19.2 Å². The van der Waals surface area contributed by atoms with E-state index in [1.807, 2.05) is 0 Å². The predicted octanol–water partition coefficient (Wildman–Crippen LogP) is 2.21. The minimum atomic E-state index is -3.54. The second-order valence-corrected chi connectivity index (χ2v) is 11.4. The third-order valence-electron chi connectivity index (χ3n) is 5.66. The van der Waals surface area contributed by atoms with Crippen LogP contribution in [0.5, 0.6) is 0 Å². The van der Waals surface area contributed by atoms with Gasteiger partial charge in [0.25, 0.3) is 0 Å². The summed E-state index contributed by atoms with van der Waals surface area (Å²) in [7, 11) is -3.54. The van der Waals surface area contributed by atoms with E-state index in [0.717, 1.165) is 71.6 Å². The van der Waals surface area contributed by atoms with Gasteiger partial charge in [-0.3, -0.25) is 4.98 Å². The van der Waals surface area contributed by atoms with Crippen molar-refractivity contribution >= 4 is 33.0 Å². The molecule has 2 aromatic rings. The van der Waals surface area contributed by atoms with Crippen LogP contribution in [-0.4, -0.2) is 37.0 Å². The first-order valence-electron chi connectivity index (χ1n) is 9.78. The molecule has 0 radical (unpaired) electrons. The van der Waals surface area contributed by atoms with Gasteiger partial charge in [0.05, 0.1) is 24.2 Å². The van der Waals surface area contributed by atoms with Gasteiger partial charge in [0.2, 0.25) is 0 Å². The van der Waals surface area contributed by atoms with Gasteiger partial charge in [-0.05, 0) is 43.2 Å². The van der Waals surface area contributed by atoms with E-state index in [2.05, 4.69) is 28.5 Å². The van der Waals surface area contributed by atoms with Crippen LogP contribution in [0.15, 0.2) is 14.8 Å². The molecule has 2 atom stereocenters. The summed E-state index contributed by atoms with van der Waals surface area (Å²) >= 11 is 0.855. The number of carbonyl (C=O) groups excluding carboxylic acids is 1. The van der Waals surface area contributed by atoms with Crippen LogP contribution in [0.25, 0.3) is 0 Å². The summed E-state index contributed by atoms with van der Waals surface area (Å²) in [5, 5.41) is 27.5. The van der Waals surface area contributed by atoms with Crippen LogP contribution in [0, 0.1) is 0 Å². The summed E-state index contributed by atoms with van der Waals surface area (Å²) in [5.74, 6) is 0. The Morgan fingerprint density at radius 1 is 1.40 bits per heavy atom. The zero-order valence-electron chi connectivity index (χ0n) is 16.8. The number of anilines is 1. The van der Waals surface area contributed by atoms with Gasteiger partial charge < -0.3 is 15.5 Å². The van der Waals surface area contributed by atoms with Crippen molar-refractivity contribution in [3.05, 3.63) is 33.7 Å². The van der Waals surface area contributed by atoms with E-state index in [-0.39, 0.29) is 14.6 Å². The lowest BCUT2D eigenvalue weighted by Gasteiger charge is -2.20. The Labute approximate surface area is 179 Å². The molecule has 5 N–H and O–H groups in total. The molecule has 2 amide bonds. The lowest BCUT2D eigenvalue weighted by molar-refractivity contribution is 0.0954. The molecule has 4 rings (SSSR count). The van der Waals surface area contributed by atoms with Crippen LogP contribution in [0.1, 0.15) is 60.3 Å². The first kappa shape index (κ1) is 21.3. The molecular formula is C19H25N5O4S2. The average molecular weight is 452 g/mol. The van der Waals surface area contributed by atoms with Gasteiger partial charge >= 0.3 is 6.03 Å². The molecule has 0 fully saturated rings. The van der Waals surface area contributed by atoms with Crippen molar-refractivity contribution in [3.63, 3.8) is 0 Å². The van der Waals surface area contributed by atoms with Gasteiger partial charge in [-0.15, -0.1) is 15.7 Å². The van der Waals surface area contributed by atoms with Crippen molar-refractivity contribution in [2.75, 3.05) is 11.9 Å². The van der Waals surface area contributed by atoms with Crippen molar-refractivity contribution in [3.8, 4) is 0 Å². The molecule has 0 bridgehead atoms. The largest absolute Gasteiger partial charge is 0.393 e. The van der Waals surface area contributed by atoms with E-state index in [1.54, 1.807) is 0 Å². The minimum absolute atomic E-state index is 0.0580. The number of carbonyl (C=O) groups is 1. The van der Waals surface area contributed by atoms with Crippen molar-refractivity contribution in [2.45, 2.75) is 61.7 Å². The second-order valence-electron chi connectivity index (χ2n) is 8.28. The Morgan fingerprint density at radius 2 is 2.17 bits per heavy atom. The standard InChI is InChI=1S/C19H25N5O4S2/c1-19(2)7-6-11-15(10-4-3-5-12(10)22-16(11)19)23-18(27)24-30(20,28)14-8-21-17(29-14)13(26)9-25/h8,13,25-26H,3-7,9H2,1-2H3,(H3,20,22,23,24,27,28)/t13?,30-/m1/s1. The van der Waals surface area contributed by atoms with Gasteiger partial charge in [0.1, 0.15) is 15.3 Å². The maximum absolute atomic E-state index is 12.8. The van der Waals surface area contributed by atoms with Crippen LogP contribution >= 0.6 is 11.3 Å². The molecule has 0 saturated carbocycles. The van der Waals surface area contributed by atoms with Crippen LogP contribution in [-0.2, 0) is 34.6 Å². The molecule has 2 aliphatic carbocycles. The number of hydrogen-bond donors (Lipinski definition) is 4. The minimum Gasteiger partial charge on any atom is -0.393 e. The topological polar surface area (TPSA) is 151 Å². The number of pyridine rings is 1. The maximum Gasteiger partial charge on any atom is 0.354 e. The smallest absolute Gasteiger partial charge is 0.354 e. The summed E-state index contributed by atoms with van der Waals surface area (Å²) in [6.45, 7) is 3.78. The number of aromatic nitrogens is 2. The SMILES string of the molecule is CC1(C)CCc2c1nc1c(c2NC(=O)N=[S@@](N)(=O)c2cnc(C(O)CO)s2)CCC1. The molecule has 2 aromatic heterocycles. The number of hydrogen-bond acceptors (Lipinski definition) is 7. The normalized spacial score (nSPS) is 19.6. The monoisotopic (exact) mass is 451 g/mol. The van der Waals surface area contributed by atoms with Crippen LogP contribution < -0.4 is 10.5 Å². The Bertz CT molecular complexity index is 1130. The highest BCUT2D eigenvalue weighted by atomic mass is 32.2. The summed E-state index contributed by atoms with van der Waals surface area (Å²) < 4.78 is 16.6. The number of nitrogens with one attached hydrogen (secondary N) is 1. The predicted molar refractivity (Wildman–Crippen MR) is 114 cm³/mol. The van der Waals surface area contributed by atoms with Crippen molar-refractivity contribution in [1.29, 1.82) is 0 Å². The molecule has 162 valence electrons. The van der Waals surface area contributed by atoms with E-state index in [9.17, 15) is 14.1 Å². The maximum atomic E-state index is 12.8. The quantitative estimate of drug-likeness (QED) is 0.559. The number of nitrogens with two attached hydrogens (primary N) is 1. The van der Waals surface area contributed by atoms with Gasteiger partial charge in [-0.2, -0.15) is 0 Å². The number of aliphatic hydroxyl groups excluding tert-OH is 2. The van der Waals surface area contributed by atoms with Gasteiger partial charge in [0, 0.05) is 11.1 Å². The zero-order chi connectivity index (χ0) is 21.7. The summed E-state index contributed by atoms with van der Waals surface area (Å²) in [5.41, 5.74) is 4.76. The number of aryl methyl sites for hydroxylation is 1. The third-order valence-corrected chi connectivity index (χ3v) is 8.64. The van der Waals surface area contributed by atoms with Gasteiger partial charge in [0.15, 0.2) is 9.92 Å². The van der Waals surface area contributed by atoms with Gasteiger partial charge in [-0.25, -0.2) is 19.1 Å². The Kier molecular flexibility index (Phi) is 5.43. The number of rotatable bonds is 4. The zero-order valence-corrected chi connectivity index (χ0v) is 18.5. The van der Waals surface area contributed by atoms with Crippen LogP contribution in [0.3, 0.4) is 0 Å². The molecule has 2 heterocycles.